The summed E-state index contributed by atoms with van der Waals surface area (Å²) in [4.78, 5) is 28.2. The molecule has 1 aromatic carbocycles. The Morgan fingerprint density at radius 2 is 2.25 bits per heavy atom. The monoisotopic (exact) mass is 283 g/mol. The average Bonchev–Trinajstić information content (AvgIpc) is 2.15. The van der Waals surface area contributed by atoms with Crippen LogP contribution in [0.4, 0.5) is 5.69 Å². The fourth-order valence-corrected chi connectivity index (χ4v) is 2.25. The van der Waals surface area contributed by atoms with Crippen LogP contribution in [0.25, 0.3) is 10.9 Å². The van der Waals surface area contributed by atoms with Gasteiger partial charge in [0.05, 0.1) is 26.6 Å². The van der Waals surface area contributed by atoms with Gasteiger partial charge in [0.2, 0.25) is 0 Å². The number of halogens is 1. The lowest BCUT2D eigenvalue weighted by molar-refractivity contribution is -0.386. The highest BCUT2D eigenvalue weighted by Gasteiger charge is 2.20. The standard InChI is InChI=1S/C9H6BrN3O3/c1-4-7-6(11-3-12-9(7)14)2-5(10)8(4)13(15)16/h2-3H,1H3,(H,11,12,14). The van der Waals surface area contributed by atoms with Crippen LogP contribution in [0, 0.1) is 17.0 Å². The van der Waals surface area contributed by atoms with Gasteiger partial charge in [-0.2, -0.15) is 0 Å². The fraction of sp³-hybridized carbons (Fsp3) is 0.111. The van der Waals surface area contributed by atoms with Crippen molar-refractivity contribution >= 4 is 32.5 Å². The first kappa shape index (κ1) is 10.7. The van der Waals surface area contributed by atoms with Gasteiger partial charge in [0.1, 0.15) is 0 Å². The molecule has 0 spiro atoms. The maximum absolute atomic E-state index is 11.6. The van der Waals surface area contributed by atoms with Crippen molar-refractivity contribution in [3.63, 3.8) is 0 Å². The molecule has 7 heteroatoms. The maximum atomic E-state index is 11.6. The molecule has 82 valence electrons. The number of H-pyrrole nitrogens is 1. The summed E-state index contributed by atoms with van der Waals surface area (Å²) >= 11 is 3.10. The molecule has 2 rings (SSSR count). The van der Waals surface area contributed by atoms with Crippen molar-refractivity contribution in [1.29, 1.82) is 0 Å². The van der Waals surface area contributed by atoms with Crippen molar-refractivity contribution in [3.8, 4) is 0 Å². The van der Waals surface area contributed by atoms with Crippen LogP contribution < -0.4 is 5.56 Å². The Balaban J connectivity index is 3.03. The largest absolute Gasteiger partial charge is 0.313 e. The molecule has 1 N–H and O–H groups in total. The van der Waals surface area contributed by atoms with Crippen molar-refractivity contribution in [3.05, 3.63) is 42.9 Å². The molecule has 0 aliphatic heterocycles. The first-order valence-corrected chi connectivity index (χ1v) is 5.12. The van der Waals surface area contributed by atoms with E-state index in [-0.39, 0.29) is 16.6 Å². The number of aromatic amines is 1. The minimum Gasteiger partial charge on any atom is -0.313 e. The van der Waals surface area contributed by atoms with Gasteiger partial charge in [0.25, 0.3) is 11.2 Å². The van der Waals surface area contributed by atoms with Crippen LogP contribution in [0.2, 0.25) is 0 Å². The van der Waals surface area contributed by atoms with Gasteiger partial charge in [0, 0.05) is 5.56 Å². The summed E-state index contributed by atoms with van der Waals surface area (Å²) in [6, 6.07) is 1.47. The fourth-order valence-electron chi connectivity index (χ4n) is 1.60. The van der Waals surface area contributed by atoms with Gasteiger partial charge in [-0.05, 0) is 28.9 Å². The van der Waals surface area contributed by atoms with E-state index in [0.717, 1.165) is 0 Å². The molecule has 2 aromatic rings. The lowest BCUT2D eigenvalue weighted by Crippen LogP contribution is -2.09. The molecule has 0 bridgehead atoms. The number of aryl methyl sites for hydroxylation is 1. The van der Waals surface area contributed by atoms with Gasteiger partial charge in [-0.1, -0.05) is 0 Å². The lowest BCUT2D eigenvalue weighted by atomic mass is 10.1. The van der Waals surface area contributed by atoms with E-state index in [1.54, 1.807) is 0 Å². The molecule has 6 nitrogen and oxygen atoms in total. The predicted octanol–water partition coefficient (Wildman–Crippen LogP) is 1.90. The second kappa shape index (κ2) is 3.67. The molecule has 0 saturated carbocycles. The number of nitro benzene ring substituents is 1. The predicted molar refractivity (Wildman–Crippen MR) is 61.5 cm³/mol. The smallest absolute Gasteiger partial charge is 0.287 e. The van der Waals surface area contributed by atoms with Crippen molar-refractivity contribution in [1.82, 2.24) is 9.97 Å². The number of fused-ring (bicyclic) bond motifs is 1. The average molecular weight is 284 g/mol. The SMILES string of the molecule is Cc1c([N+](=O)[O-])c(Br)cc2nc[nH]c(=O)c12. The quantitative estimate of drug-likeness (QED) is 0.639. The molecule has 0 fully saturated rings. The van der Waals surface area contributed by atoms with Crippen LogP contribution in [0.1, 0.15) is 5.56 Å². The number of aromatic nitrogens is 2. The van der Waals surface area contributed by atoms with E-state index in [2.05, 4.69) is 25.9 Å². The number of nitrogens with one attached hydrogen (secondary N) is 1. The Morgan fingerprint density at radius 1 is 1.56 bits per heavy atom. The van der Waals surface area contributed by atoms with Crippen LogP contribution in [0.15, 0.2) is 21.7 Å². The van der Waals surface area contributed by atoms with Gasteiger partial charge in [0.15, 0.2) is 0 Å². The minimum absolute atomic E-state index is 0.106. The van der Waals surface area contributed by atoms with E-state index in [1.807, 2.05) is 0 Å². The zero-order chi connectivity index (χ0) is 11.9. The molecule has 0 aliphatic rings. The molecule has 16 heavy (non-hydrogen) atoms. The van der Waals surface area contributed by atoms with Gasteiger partial charge >= 0.3 is 0 Å². The zero-order valence-electron chi connectivity index (χ0n) is 8.15. The third-order valence-corrected chi connectivity index (χ3v) is 2.89. The van der Waals surface area contributed by atoms with E-state index in [1.165, 1.54) is 19.3 Å². The third kappa shape index (κ3) is 1.49. The van der Waals surface area contributed by atoms with Crippen molar-refractivity contribution in [2.75, 3.05) is 0 Å². The summed E-state index contributed by atoms with van der Waals surface area (Å²) in [6.07, 6.45) is 1.27. The summed E-state index contributed by atoms with van der Waals surface area (Å²) < 4.78 is 0.320. The number of nitro groups is 1. The first-order chi connectivity index (χ1) is 7.52. The highest BCUT2D eigenvalue weighted by molar-refractivity contribution is 9.10. The Kier molecular flexibility index (Phi) is 2.47. The second-order valence-corrected chi connectivity index (χ2v) is 4.07. The van der Waals surface area contributed by atoms with Crippen LogP contribution in [0.3, 0.4) is 0 Å². The van der Waals surface area contributed by atoms with Gasteiger partial charge in [-0.15, -0.1) is 0 Å². The molecule has 1 heterocycles. The third-order valence-electron chi connectivity index (χ3n) is 2.28. The van der Waals surface area contributed by atoms with Crippen molar-refractivity contribution < 1.29 is 4.92 Å². The van der Waals surface area contributed by atoms with Crippen LogP contribution in [-0.4, -0.2) is 14.9 Å². The summed E-state index contributed by atoms with van der Waals surface area (Å²) in [5.41, 5.74) is 0.256. The molecule has 0 atom stereocenters. The number of rotatable bonds is 1. The minimum atomic E-state index is -0.523. The topological polar surface area (TPSA) is 88.9 Å². The normalized spacial score (nSPS) is 10.6. The van der Waals surface area contributed by atoms with E-state index in [9.17, 15) is 14.9 Å². The Hall–Kier alpha value is -1.76. The Labute approximate surface area is 97.6 Å². The van der Waals surface area contributed by atoms with E-state index < -0.39 is 4.92 Å². The molecular weight excluding hydrogens is 278 g/mol. The molecule has 0 unspecified atom stereocenters. The van der Waals surface area contributed by atoms with E-state index in [4.69, 9.17) is 0 Å². The number of benzene rings is 1. The molecular formula is C9H6BrN3O3. The molecule has 0 radical (unpaired) electrons. The van der Waals surface area contributed by atoms with Crippen LogP contribution in [0.5, 0.6) is 0 Å². The van der Waals surface area contributed by atoms with E-state index >= 15 is 0 Å². The van der Waals surface area contributed by atoms with E-state index in [0.29, 0.717) is 15.6 Å². The molecule has 0 amide bonds. The Morgan fingerprint density at radius 3 is 2.88 bits per heavy atom. The second-order valence-electron chi connectivity index (χ2n) is 3.21. The first-order valence-electron chi connectivity index (χ1n) is 4.33. The number of hydrogen-bond acceptors (Lipinski definition) is 4. The van der Waals surface area contributed by atoms with Crippen molar-refractivity contribution in [2.24, 2.45) is 0 Å². The lowest BCUT2D eigenvalue weighted by Gasteiger charge is -2.03. The summed E-state index contributed by atoms with van der Waals surface area (Å²) in [6.45, 7) is 1.53. The van der Waals surface area contributed by atoms with Gasteiger partial charge in [-0.3, -0.25) is 14.9 Å². The maximum Gasteiger partial charge on any atom is 0.287 e. The molecule has 1 aromatic heterocycles. The number of hydrogen-bond donors (Lipinski definition) is 1. The van der Waals surface area contributed by atoms with Gasteiger partial charge in [-0.25, -0.2) is 4.98 Å². The summed E-state index contributed by atoms with van der Waals surface area (Å²) in [5.74, 6) is 0. The highest BCUT2D eigenvalue weighted by atomic mass is 79.9. The molecule has 0 aliphatic carbocycles. The zero-order valence-corrected chi connectivity index (χ0v) is 9.74. The van der Waals surface area contributed by atoms with Gasteiger partial charge < -0.3 is 4.98 Å². The summed E-state index contributed by atoms with van der Waals surface area (Å²) in [7, 11) is 0. The van der Waals surface area contributed by atoms with Crippen LogP contribution in [-0.2, 0) is 0 Å². The van der Waals surface area contributed by atoms with Crippen molar-refractivity contribution in [2.45, 2.75) is 6.92 Å². The Bertz CT molecular complexity index is 650. The summed E-state index contributed by atoms with van der Waals surface area (Å²) in [5, 5.41) is 11.1. The number of nitrogens with zero attached hydrogens (tertiary/aromatic N) is 2. The van der Waals surface area contributed by atoms with Crippen LogP contribution >= 0.6 is 15.9 Å². The molecule has 0 saturated heterocycles. The highest BCUT2D eigenvalue weighted by Crippen LogP contribution is 2.32.